The van der Waals surface area contributed by atoms with Gasteiger partial charge in [0.05, 0.1) is 0 Å². The van der Waals surface area contributed by atoms with Gasteiger partial charge < -0.3 is 10.6 Å². The number of nitrogens with one attached hydrogen (secondary N) is 2. The Morgan fingerprint density at radius 1 is 1.50 bits per heavy atom. The summed E-state index contributed by atoms with van der Waals surface area (Å²) in [5, 5.41) is 9.22. The first kappa shape index (κ1) is 12.6. The van der Waals surface area contributed by atoms with Gasteiger partial charge in [-0.1, -0.05) is 6.08 Å². The predicted octanol–water partition coefficient (Wildman–Crippen LogP) is 3.00. The van der Waals surface area contributed by atoms with Gasteiger partial charge in [0.25, 0.3) is 0 Å². The van der Waals surface area contributed by atoms with E-state index in [2.05, 4.69) is 40.8 Å². The molecule has 1 heterocycles. The van der Waals surface area contributed by atoms with Crippen molar-refractivity contribution in [3.63, 3.8) is 0 Å². The molecule has 0 fully saturated rings. The van der Waals surface area contributed by atoms with Crippen LogP contribution in [0.1, 0.15) is 6.92 Å². The smallest absolute Gasteiger partial charge is 0.242 e. The molecular weight excluding hydrogens is 244 g/mol. The highest BCUT2D eigenvalue weighted by molar-refractivity contribution is 7.17. The van der Waals surface area contributed by atoms with Crippen LogP contribution in [-0.2, 0) is 4.79 Å². The molecule has 0 spiro atoms. The van der Waals surface area contributed by atoms with Crippen LogP contribution in [0.5, 0.6) is 0 Å². The summed E-state index contributed by atoms with van der Waals surface area (Å²) in [7, 11) is 0. The molecule has 18 heavy (non-hydrogen) atoms. The zero-order valence-corrected chi connectivity index (χ0v) is 11.1. The molecule has 0 aliphatic heterocycles. The molecule has 0 radical (unpaired) electrons. The number of amides is 1. The minimum atomic E-state index is -0.263. The van der Waals surface area contributed by atoms with E-state index in [9.17, 15) is 4.79 Å². The number of benzene rings is 1. The molecule has 4 heteroatoms. The van der Waals surface area contributed by atoms with Crippen molar-refractivity contribution in [1.82, 2.24) is 5.32 Å². The van der Waals surface area contributed by atoms with Gasteiger partial charge in [-0.3, -0.25) is 4.79 Å². The molecule has 1 amide bonds. The Bertz CT molecular complexity index is 562. The number of fused-ring (bicyclic) bond motifs is 1. The molecule has 3 nitrogen and oxygen atoms in total. The van der Waals surface area contributed by atoms with E-state index in [0.29, 0.717) is 6.54 Å². The van der Waals surface area contributed by atoms with Crippen LogP contribution in [0.15, 0.2) is 42.3 Å². The van der Waals surface area contributed by atoms with Crippen LogP contribution in [-0.4, -0.2) is 18.5 Å². The zero-order valence-electron chi connectivity index (χ0n) is 10.3. The first-order valence-corrected chi connectivity index (χ1v) is 6.71. The maximum Gasteiger partial charge on any atom is 0.242 e. The van der Waals surface area contributed by atoms with E-state index < -0.39 is 0 Å². The summed E-state index contributed by atoms with van der Waals surface area (Å²) in [5.74, 6) is -0.0275. The summed E-state index contributed by atoms with van der Waals surface area (Å²) < 4.78 is 1.25. The number of thiophene rings is 1. The average molecular weight is 260 g/mol. The standard InChI is InChI=1S/C14H16N2OS/c1-3-7-15-14(17)10(2)16-12-4-5-13-11(9-12)6-8-18-13/h3-6,8-10,16H,1,7H2,2H3,(H,15,17). The van der Waals surface area contributed by atoms with Crippen molar-refractivity contribution in [2.24, 2.45) is 0 Å². The van der Waals surface area contributed by atoms with Gasteiger partial charge >= 0.3 is 0 Å². The Morgan fingerprint density at radius 2 is 2.33 bits per heavy atom. The third-order valence-electron chi connectivity index (χ3n) is 2.65. The lowest BCUT2D eigenvalue weighted by molar-refractivity contribution is -0.121. The summed E-state index contributed by atoms with van der Waals surface area (Å²) in [6, 6.07) is 7.94. The summed E-state index contributed by atoms with van der Waals surface area (Å²) in [6.07, 6.45) is 1.67. The number of hydrogen-bond acceptors (Lipinski definition) is 3. The SMILES string of the molecule is C=CCNC(=O)C(C)Nc1ccc2sccc2c1. The van der Waals surface area contributed by atoms with E-state index in [1.807, 2.05) is 13.0 Å². The highest BCUT2D eigenvalue weighted by atomic mass is 32.1. The van der Waals surface area contributed by atoms with Crippen LogP contribution in [0, 0.1) is 0 Å². The third kappa shape index (κ3) is 2.90. The molecule has 0 aliphatic carbocycles. The zero-order chi connectivity index (χ0) is 13.0. The molecule has 1 unspecified atom stereocenters. The monoisotopic (exact) mass is 260 g/mol. The fourth-order valence-corrected chi connectivity index (χ4v) is 2.47. The van der Waals surface area contributed by atoms with Gasteiger partial charge in [0, 0.05) is 16.9 Å². The highest BCUT2D eigenvalue weighted by Gasteiger charge is 2.11. The largest absolute Gasteiger partial charge is 0.374 e. The molecule has 1 atom stereocenters. The number of hydrogen-bond donors (Lipinski definition) is 2. The first-order valence-electron chi connectivity index (χ1n) is 5.83. The van der Waals surface area contributed by atoms with Gasteiger partial charge in [-0.25, -0.2) is 0 Å². The molecule has 1 aromatic carbocycles. The minimum absolute atomic E-state index is 0.0275. The van der Waals surface area contributed by atoms with Crippen LogP contribution in [0.3, 0.4) is 0 Å². The van der Waals surface area contributed by atoms with Crippen LogP contribution in [0.2, 0.25) is 0 Å². The molecule has 0 aliphatic rings. The molecular formula is C14H16N2OS. The van der Waals surface area contributed by atoms with Crippen molar-refractivity contribution in [3.8, 4) is 0 Å². The molecule has 0 saturated carbocycles. The number of carbonyl (C=O) groups excluding carboxylic acids is 1. The second-order valence-electron chi connectivity index (χ2n) is 4.07. The minimum Gasteiger partial charge on any atom is -0.374 e. The normalized spacial score (nSPS) is 12.1. The summed E-state index contributed by atoms with van der Waals surface area (Å²) in [5.41, 5.74) is 0.960. The average Bonchev–Trinajstić information content (AvgIpc) is 2.83. The van der Waals surface area contributed by atoms with E-state index in [-0.39, 0.29) is 11.9 Å². The third-order valence-corrected chi connectivity index (χ3v) is 3.55. The lowest BCUT2D eigenvalue weighted by atomic mass is 10.2. The Kier molecular flexibility index (Phi) is 3.99. The van der Waals surface area contributed by atoms with Crippen molar-refractivity contribution >= 4 is 33.0 Å². The van der Waals surface area contributed by atoms with Gasteiger partial charge in [-0.2, -0.15) is 0 Å². The second kappa shape index (κ2) is 5.69. The van der Waals surface area contributed by atoms with E-state index in [0.717, 1.165) is 5.69 Å². The maximum absolute atomic E-state index is 11.7. The molecule has 2 rings (SSSR count). The second-order valence-corrected chi connectivity index (χ2v) is 5.02. The Balaban J connectivity index is 2.03. The van der Waals surface area contributed by atoms with Crippen molar-refractivity contribution in [1.29, 1.82) is 0 Å². The molecule has 1 aromatic heterocycles. The Labute approximate surface area is 111 Å². The van der Waals surface area contributed by atoms with E-state index >= 15 is 0 Å². The van der Waals surface area contributed by atoms with Gasteiger partial charge in [0.1, 0.15) is 6.04 Å². The molecule has 2 aromatic rings. The van der Waals surface area contributed by atoms with Crippen molar-refractivity contribution in [3.05, 3.63) is 42.3 Å². The number of anilines is 1. The van der Waals surface area contributed by atoms with Gasteiger partial charge in [-0.05, 0) is 42.0 Å². The van der Waals surface area contributed by atoms with Gasteiger partial charge in [-0.15, -0.1) is 17.9 Å². The van der Waals surface area contributed by atoms with Crippen molar-refractivity contribution in [2.45, 2.75) is 13.0 Å². The Hall–Kier alpha value is -1.81. The Morgan fingerprint density at radius 3 is 3.11 bits per heavy atom. The van der Waals surface area contributed by atoms with E-state index in [4.69, 9.17) is 0 Å². The molecule has 0 bridgehead atoms. The number of rotatable bonds is 5. The first-order chi connectivity index (χ1) is 8.70. The quantitative estimate of drug-likeness (QED) is 0.811. The topological polar surface area (TPSA) is 41.1 Å². The van der Waals surface area contributed by atoms with Crippen molar-refractivity contribution < 1.29 is 4.79 Å². The number of carbonyl (C=O) groups is 1. The fourth-order valence-electron chi connectivity index (χ4n) is 1.70. The molecule has 2 N–H and O–H groups in total. The maximum atomic E-state index is 11.7. The summed E-state index contributed by atoms with van der Waals surface area (Å²) in [6.45, 7) is 5.91. The lowest BCUT2D eigenvalue weighted by Crippen LogP contribution is -2.37. The van der Waals surface area contributed by atoms with Crippen LogP contribution in [0.4, 0.5) is 5.69 Å². The summed E-state index contributed by atoms with van der Waals surface area (Å²) in [4.78, 5) is 11.7. The van der Waals surface area contributed by atoms with Crippen LogP contribution < -0.4 is 10.6 Å². The van der Waals surface area contributed by atoms with E-state index in [1.165, 1.54) is 10.1 Å². The van der Waals surface area contributed by atoms with Crippen LogP contribution >= 0.6 is 11.3 Å². The fraction of sp³-hybridized carbons (Fsp3) is 0.214. The van der Waals surface area contributed by atoms with Crippen molar-refractivity contribution in [2.75, 3.05) is 11.9 Å². The molecule has 94 valence electrons. The molecule has 0 saturated heterocycles. The lowest BCUT2D eigenvalue weighted by Gasteiger charge is -2.14. The van der Waals surface area contributed by atoms with Crippen LogP contribution in [0.25, 0.3) is 10.1 Å². The van der Waals surface area contributed by atoms with Gasteiger partial charge in [0.2, 0.25) is 5.91 Å². The predicted molar refractivity (Wildman–Crippen MR) is 78.1 cm³/mol. The van der Waals surface area contributed by atoms with Gasteiger partial charge in [0.15, 0.2) is 0 Å². The summed E-state index contributed by atoms with van der Waals surface area (Å²) >= 11 is 1.71. The van der Waals surface area contributed by atoms with E-state index in [1.54, 1.807) is 17.4 Å². The highest BCUT2D eigenvalue weighted by Crippen LogP contribution is 2.24.